The van der Waals surface area contributed by atoms with Gasteiger partial charge >= 0.3 is 0 Å². The molecule has 0 saturated heterocycles. The molecule has 0 fully saturated rings. The summed E-state index contributed by atoms with van der Waals surface area (Å²) < 4.78 is 26.2. The van der Waals surface area contributed by atoms with E-state index in [1.54, 1.807) is 12.1 Å². The summed E-state index contributed by atoms with van der Waals surface area (Å²) in [5, 5.41) is 9.67. The van der Waals surface area contributed by atoms with Gasteiger partial charge in [-0.25, -0.2) is 13.1 Å². The number of halogens is 1. The molecule has 1 aromatic heterocycles. The Labute approximate surface area is 133 Å². The minimum atomic E-state index is -3.15. The van der Waals surface area contributed by atoms with Crippen LogP contribution < -0.4 is 4.72 Å². The van der Waals surface area contributed by atoms with Gasteiger partial charge in [-0.1, -0.05) is 23.4 Å². The van der Waals surface area contributed by atoms with Gasteiger partial charge in [-0.3, -0.25) is 0 Å². The molecule has 0 amide bonds. The molecule has 0 spiro atoms. The topological polar surface area (TPSA) is 76.9 Å². The van der Waals surface area contributed by atoms with Crippen molar-refractivity contribution in [2.45, 2.75) is 5.16 Å². The van der Waals surface area contributed by atoms with Crippen molar-refractivity contribution < 1.29 is 8.42 Å². The zero-order chi connectivity index (χ0) is 15.5. The number of thioether (sulfide) groups is 1. The van der Waals surface area contributed by atoms with E-state index in [9.17, 15) is 8.42 Å². The lowest BCUT2D eigenvalue weighted by atomic mass is 10.2. The van der Waals surface area contributed by atoms with Crippen LogP contribution in [0.3, 0.4) is 0 Å². The first kappa shape index (κ1) is 16.3. The Morgan fingerprint density at radius 3 is 2.57 bits per heavy atom. The van der Waals surface area contributed by atoms with Gasteiger partial charge < -0.3 is 4.57 Å². The Balaban J connectivity index is 2.02. The predicted octanol–water partition coefficient (Wildman–Crippen LogP) is 1.78. The molecule has 9 heteroatoms. The maximum absolute atomic E-state index is 11.0. The molecule has 1 aromatic carbocycles. The minimum absolute atomic E-state index is 0.354. The third kappa shape index (κ3) is 4.70. The molecule has 2 aromatic rings. The van der Waals surface area contributed by atoms with Crippen molar-refractivity contribution in [2.24, 2.45) is 7.05 Å². The van der Waals surface area contributed by atoms with Crippen LogP contribution in [0.2, 0.25) is 5.02 Å². The highest BCUT2D eigenvalue weighted by molar-refractivity contribution is 7.99. The largest absolute Gasteiger partial charge is 0.305 e. The maximum atomic E-state index is 11.0. The fourth-order valence-electron chi connectivity index (χ4n) is 1.66. The molecule has 0 unspecified atom stereocenters. The molecule has 0 atom stereocenters. The molecule has 1 heterocycles. The highest BCUT2D eigenvalue weighted by Crippen LogP contribution is 2.23. The third-order valence-corrected chi connectivity index (χ3v) is 4.64. The average Bonchev–Trinajstić information content (AvgIpc) is 2.76. The molecule has 0 aliphatic heterocycles. The number of nitrogens with one attached hydrogen (secondary N) is 1. The van der Waals surface area contributed by atoms with Gasteiger partial charge in [0.25, 0.3) is 0 Å². The van der Waals surface area contributed by atoms with Crippen LogP contribution in [0.15, 0.2) is 29.4 Å². The second kappa shape index (κ2) is 6.78. The Morgan fingerprint density at radius 2 is 1.95 bits per heavy atom. The second-order valence-electron chi connectivity index (χ2n) is 4.39. The van der Waals surface area contributed by atoms with Crippen LogP contribution in [0.4, 0.5) is 0 Å². The van der Waals surface area contributed by atoms with Gasteiger partial charge in [0, 0.05) is 29.9 Å². The molecule has 0 saturated carbocycles. The van der Waals surface area contributed by atoms with Crippen LogP contribution in [0.25, 0.3) is 11.4 Å². The van der Waals surface area contributed by atoms with E-state index in [2.05, 4.69) is 14.9 Å². The highest BCUT2D eigenvalue weighted by atomic mass is 35.5. The minimum Gasteiger partial charge on any atom is -0.305 e. The van der Waals surface area contributed by atoms with E-state index >= 15 is 0 Å². The van der Waals surface area contributed by atoms with E-state index in [0.717, 1.165) is 22.8 Å². The van der Waals surface area contributed by atoms with Crippen molar-refractivity contribution in [3.8, 4) is 11.4 Å². The zero-order valence-electron chi connectivity index (χ0n) is 11.6. The summed E-state index contributed by atoms with van der Waals surface area (Å²) in [6.07, 6.45) is 1.14. The summed E-state index contributed by atoms with van der Waals surface area (Å²) >= 11 is 7.31. The number of sulfonamides is 1. The summed E-state index contributed by atoms with van der Waals surface area (Å²) in [6, 6.07) is 7.36. The third-order valence-electron chi connectivity index (χ3n) is 2.63. The molecule has 114 valence electrons. The number of benzene rings is 1. The summed E-state index contributed by atoms with van der Waals surface area (Å²) in [5.41, 5.74) is 0.926. The first-order valence-corrected chi connectivity index (χ1v) is 9.35. The monoisotopic (exact) mass is 346 g/mol. The Morgan fingerprint density at radius 1 is 1.29 bits per heavy atom. The van der Waals surface area contributed by atoms with Crippen molar-refractivity contribution >= 4 is 33.4 Å². The lowest BCUT2D eigenvalue weighted by Crippen LogP contribution is -2.24. The lowest BCUT2D eigenvalue weighted by Gasteiger charge is -2.04. The lowest BCUT2D eigenvalue weighted by molar-refractivity contribution is 0.590. The van der Waals surface area contributed by atoms with Crippen LogP contribution >= 0.6 is 23.4 Å². The van der Waals surface area contributed by atoms with Crippen molar-refractivity contribution in [2.75, 3.05) is 18.6 Å². The number of aromatic nitrogens is 3. The summed E-state index contributed by atoms with van der Waals surface area (Å²) in [7, 11) is -1.28. The number of hydrogen-bond donors (Lipinski definition) is 1. The molecule has 1 N–H and O–H groups in total. The van der Waals surface area contributed by atoms with Gasteiger partial charge in [0.05, 0.1) is 6.26 Å². The molecule has 0 aliphatic rings. The number of rotatable bonds is 6. The van der Waals surface area contributed by atoms with Gasteiger partial charge in [-0.15, -0.1) is 10.2 Å². The molecule has 2 rings (SSSR count). The number of hydrogen-bond acceptors (Lipinski definition) is 5. The molecule has 6 nitrogen and oxygen atoms in total. The van der Waals surface area contributed by atoms with Gasteiger partial charge in [-0.05, 0) is 24.3 Å². The summed E-state index contributed by atoms with van der Waals surface area (Å²) in [4.78, 5) is 0. The van der Waals surface area contributed by atoms with Crippen molar-refractivity contribution in [1.82, 2.24) is 19.5 Å². The quantitative estimate of drug-likeness (QED) is 0.637. The van der Waals surface area contributed by atoms with Crippen LogP contribution in [0, 0.1) is 0 Å². The Hall–Kier alpha value is -1.09. The predicted molar refractivity (Wildman–Crippen MR) is 85.0 cm³/mol. The van der Waals surface area contributed by atoms with Crippen LogP contribution in [-0.2, 0) is 17.1 Å². The zero-order valence-corrected chi connectivity index (χ0v) is 14.0. The standard InChI is InChI=1S/C12H15ClN4O2S2/c1-17-11(9-3-5-10(13)6-4-9)15-16-12(17)20-8-7-14-21(2,18)19/h3-6,14H,7-8H2,1-2H3. The highest BCUT2D eigenvalue weighted by Gasteiger charge is 2.11. The maximum Gasteiger partial charge on any atom is 0.208 e. The fourth-order valence-corrected chi connectivity index (χ4v) is 3.15. The van der Waals surface area contributed by atoms with E-state index in [4.69, 9.17) is 11.6 Å². The van der Waals surface area contributed by atoms with Crippen molar-refractivity contribution in [1.29, 1.82) is 0 Å². The van der Waals surface area contributed by atoms with E-state index in [0.29, 0.717) is 17.3 Å². The van der Waals surface area contributed by atoms with Gasteiger partial charge in [0.2, 0.25) is 10.0 Å². The SMILES string of the molecule is Cn1c(SCCNS(C)(=O)=O)nnc1-c1ccc(Cl)cc1. The normalized spacial score (nSPS) is 11.8. The van der Waals surface area contributed by atoms with E-state index < -0.39 is 10.0 Å². The molecule has 21 heavy (non-hydrogen) atoms. The van der Waals surface area contributed by atoms with Crippen LogP contribution in [0.1, 0.15) is 0 Å². The molecular weight excluding hydrogens is 332 g/mol. The first-order chi connectivity index (χ1) is 9.87. The molecule has 0 aliphatic carbocycles. The van der Waals surface area contributed by atoms with E-state index in [1.165, 1.54) is 11.8 Å². The van der Waals surface area contributed by atoms with E-state index in [1.807, 2.05) is 23.7 Å². The first-order valence-electron chi connectivity index (χ1n) is 6.09. The number of nitrogens with zero attached hydrogens (tertiary/aromatic N) is 3. The summed E-state index contributed by atoms with van der Waals surface area (Å²) in [6.45, 7) is 0.354. The van der Waals surface area contributed by atoms with Crippen molar-refractivity contribution in [3.05, 3.63) is 29.3 Å². The van der Waals surface area contributed by atoms with Crippen molar-refractivity contribution in [3.63, 3.8) is 0 Å². The molecular formula is C12H15ClN4O2S2. The summed E-state index contributed by atoms with van der Waals surface area (Å²) in [5.74, 6) is 1.32. The average molecular weight is 347 g/mol. The van der Waals surface area contributed by atoms with Gasteiger partial charge in [-0.2, -0.15) is 0 Å². The Kier molecular flexibility index (Phi) is 5.26. The van der Waals surface area contributed by atoms with Gasteiger partial charge in [0.1, 0.15) is 0 Å². The molecule has 0 bridgehead atoms. The fraction of sp³-hybridized carbons (Fsp3) is 0.333. The van der Waals surface area contributed by atoms with Crippen LogP contribution in [0.5, 0.6) is 0 Å². The smallest absolute Gasteiger partial charge is 0.208 e. The Bertz CT molecular complexity index is 713. The van der Waals surface area contributed by atoms with Gasteiger partial charge in [0.15, 0.2) is 11.0 Å². The van der Waals surface area contributed by atoms with E-state index in [-0.39, 0.29) is 0 Å². The second-order valence-corrected chi connectivity index (χ2v) is 7.72. The molecule has 0 radical (unpaired) electrons. The van der Waals surface area contributed by atoms with Crippen LogP contribution in [-0.4, -0.2) is 41.7 Å².